The lowest BCUT2D eigenvalue weighted by Gasteiger charge is -2.15. The van der Waals surface area contributed by atoms with Crippen molar-refractivity contribution >= 4 is 5.91 Å². The molecule has 13 heavy (non-hydrogen) atoms. The van der Waals surface area contributed by atoms with Crippen molar-refractivity contribution in [1.82, 2.24) is 5.06 Å². The monoisotopic (exact) mass is 180 g/mol. The number of carbonyl (C=O) groups is 1. The Morgan fingerprint density at radius 3 is 2.85 bits per heavy atom. The van der Waals surface area contributed by atoms with Gasteiger partial charge in [-0.15, -0.1) is 0 Å². The summed E-state index contributed by atoms with van der Waals surface area (Å²) in [6.07, 6.45) is 2.93. The van der Waals surface area contributed by atoms with E-state index in [9.17, 15) is 4.79 Å². The van der Waals surface area contributed by atoms with E-state index in [0.29, 0.717) is 6.42 Å². The van der Waals surface area contributed by atoms with Gasteiger partial charge >= 0.3 is 0 Å². The highest BCUT2D eigenvalue weighted by Gasteiger charge is 2.18. The van der Waals surface area contributed by atoms with Gasteiger partial charge < -0.3 is 0 Å². The first kappa shape index (κ1) is 11.6. The van der Waals surface area contributed by atoms with Crippen LogP contribution in [0.3, 0.4) is 0 Å². The molecule has 0 spiro atoms. The summed E-state index contributed by atoms with van der Waals surface area (Å²) in [4.78, 5) is 16.1. The predicted molar refractivity (Wildman–Crippen MR) is 50.2 cm³/mol. The topological polar surface area (TPSA) is 29.5 Å². The molecule has 0 saturated heterocycles. The molecule has 0 bridgehead atoms. The van der Waals surface area contributed by atoms with Crippen molar-refractivity contribution in [2.45, 2.75) is 13.3 Å². The fourth-order valence-electron chi connectivity index (χ4n) is 0.754. The first-order chi connectivity index (χ1) is 6.13. The van der Waals surface area contributed by atoms with Gasteiger partial charge in [-0.25, -0.2) is 5.06 Å². The lowest BCUT2D eigenvalue weighted by atomic mass is 10.1. The zero-order chi connectivity index (χ0) is 10.3. The Hall–Kier alpha value is -1.36. The fourth-order valence-corrected chi connectivity index (χ4v) is 0.754. The maximum absolute atomic E-state index is 11.4. The maximum atomic E-state index is 11.4. The molecular formula is C10H14NO2+. The van der Waals surface area contributed by atoms with Crippen LogP contribution < -0.4 is 0 Å². The number of hydroxylamine groups is 2. The van der Waals surface area contributed by atoms with Crippen molar-refractivity contribution in [2.75, 3.05) is 14.2 Å². The van der Waals surface area contributed by atoms with E-state index in [1.165, 1.54) is 12.2 Å². The molecule has 3 heteroatoms. The Kier molecular flexibility index (Phi) is 5.54. The third kappa shape index (κ3) is 4.27. The molecular weight excluding hydrogens is 166 g/mol. The van der Waals surface area contributed by atoms with Gasteiger partial charge in [0.1, 0.15) is 12.3 Å². The quantitative estimate of drug-likeness (QED) is 0.369. The molecule has 0 aliphatic rings. The van der Waals surface area contributed by atoms with Crippen LogP contribution in [0.2, 0.25) is 0 Å². The summed E-state index contributed by atoms with van der Waals surface area (Å²) in [6, 6.07) is 0. The third-order valence-electron chi connectivity index (χ3n) is 1.59. The largest absolute Gasteiger partial charge is 0.275 e. The zero-order valence-corrected chi connectivity index (χ0v) is 8.26. The van der Waals surface area contributed by atoms with Gasteiger partial charge in [0.15, 0.2) is 6.08 Å². The van der Waals surface area contributed by atoms with Gasteiger partial charge in [0, 0.05) is 7.05 Å². The third-order valence-corrected chi connectivity index (χ3v) is 1.59. The summed E-state index contributed by atoms with van der Waals surface area (Å²) in [5.41, 5.74) is 0. The number of carbonyl (C=O) groups excluding carboxylic acids is 1. The maximum Gasteiger partial charge on any atom is 0.251 e. The normalized spacial score (nSPS) is 10.7. The molecule has 3 nitrogen and oxygen atoms in total. The minimum Gasteiger partial charge on any atom is -0.275 e. The number of hydrogen-bond donors (Lipinski definition) is 0. The van der Waals surface area contributed by atoms with Gasteiger partial charge in [-0.1, -0.05) is 6.92 Å². The molecule has 1 atom stereocenters. The molecule has 70 valence electrons. The first-order valence-corrected chi connectivity index (χ1v) is 3.95. The summed E-state index contributed by atoms with van der Waals surface area (Å²) in [6.45, 7) is 5.14. The van der Waals surface area contributed by atoms with Crippen molar-refractivity contribution in [3.63, 3.8) is 0 Å². The molecule has 0 heterocycles. The average Bonchev–Trinajstić information content (AvgIpc) is 2.15. The molecule has 0 saturated carbocycles. The summed E-state index contributed by atoms with van der Waals surface area (Å²) in [5, 5.41) is 1.20. The molecule has 0 aliphatic carbocycles. The Labute approximate surface area is 79.3 Å². The summed E-state index contributed by atoms with van der Waals surface area (Å²) < 4.78 is 0. The van der Waals surface area contributed by atoms with Gasteiger partial charge in [0.05, 0.1) is 19.6 Å². The van der Waals surface area contributed by atoms with Gasteiger partial charge in [-0.05, 0) is 0 Å². The van der Waals surface area contributed by atoms with Crippen molar-refractivity contribution < 1.29 is 9.63 Å². The van der Waals surface area contributed by atoms with E-state index in [1.54, 1.807) is 14.0 Å². The number of hydrogen-bond acceptors (Lipinski definition) is 2. The molecule has 0 aliphatic heterocycles. The van der Waals surface area contributed by atoms with Crippen molar-refractivity contribution in [3.8, 4) is 11.8 Å². The number of nitrogens with zero attached hydrogens (tertiary/aromatic N) is 1. The first-order valence-electron chi connectivity index (χ1n) is 3.95. The lowest BCUT2D eigenvalue weighted by Crippen LogP contribution is -2.30. The van der Waals surface area contributed by atoms with E-state index >= 15 is 0 Å². The highest BCUT2D eigenvalue weighted by Crippen LogP contribution is 2.04. The van der Waals surface area contributed by atoms with Crippen molar-refractivity contribution in [1.29, 1.82) is 0 Å². The molecule has 0 aromatic rings. The van der Waals surface area contributed by atoms with Crippen LogP contribution in [0, 0.1) is 23.8 Å². The highest BCUT2D eigenvalue weighted by atomic mass is 16.7. The van der Waals surface area contributed by atoms with Crippen LogP contribution in [-0.4, -0.2) is 25.1 Å². The van der Waals surface area contributed by atoms with E-state index in [-0.39, 0.29) is 11.8 Å². The van der Waals surface area contributed by atoms with Crippen LogP contribution in [-0.2, 0) is 9.63 Å². The smallest absolute Gasteiger partial charge is 0.251 e. The molecule has 1 amide bonds. The molecule has 0 radical (unpaired) electrons. The van der Waals surface area contributed by atoms with E-state index in [0.717, 1.165) is 0 Å². The molecule has 0 aromatic carbocycles. The van der Waals surface area contributed by atoms with Crippen LogP contribution >= 0.6 is 0 Å². The Morgan fingerprint density at radius 2 is 2.38 bits per heavy atom. The van der Waals surface area contributed by atoms with E-state index < -0.39 is 0 Å². The van der Waals surface area contributed by atoms with E-state index in [4.69, 9.17) is 4.84 Å². The highest BCUT2D eigenvalue weighted by molar-refractivity contribution is 5.77. The summed E-state index contributed by atoms with van der Waals surface area (Å²) >= 11 is 0. The molecule has 0 N–H and O–H groups in total. The minimum absolute atomic E-state index is 0.0825. The second kappa shape index (κ2) is 6.19. The minimum atomic E-state index is -0.161. The Balaban J connectivity index is 4.03. The molecule has 0 rings (SSSR count). The average molecular weight is 180 g/mol. The van der Waals surface area contributed by atoms with Gasteiger partial charge in [0.25, 0.3) is 5.91 Å². The summed E-state index contributed by atoms with van der Waals surface area (Å²) in [7, 11) is 3.03. The van der Waals surface area contributed by atoms with Crippen LogP contribution in [0.5, 0.6) is 0 Å². The lowest BCUT2D eigenvalue weighted by molar-refractivity contribution is -0.172. The fraction of sp³-hybridized carbons (Fsp3) is 0.500. The molecule has 0 aromatic heterocycles. The predicted octanol–water partition coefficient (Wildman–Crippen LogP) is 1.02. The Morgan fingerprint density at radius 1 is 1.77 bits per heavy atom. The second-order valence-electron chi connectivity index (χ2n) is 2.60. The Bertz CT molecular complexity index is 237. The second-order valence-corrected chi connectivity index (χ2v) is 2.60. The van der Waals surface area contributed by atoms with E-state index in [2.05, 4.69) is 24.5 Å². The van der Waals surface area contributed by atoms with E-state index in [1.807, 2.05) is 0 Å². The zero-order valence-electron chi connectivity index (χ0n) is 8.26. The van der Waals surface area contributed by atoms with Crippen LogP contribution in [0.25, 0.3) is 0 Å². The van der Waals surface area contributed by atoms with Crippen molar-refractivity contribution in [2.24, 2.45) is 5.92 Å². The SMILES string of the molecule is C=[C+]C#CCC(C)C(=O)N(C)OC. The van der Waals surface area contributed by atoms with Gasteiger partial charge in [-0.2, -0.15) is 0 Å². The number of amides is 1. The summed E-state index contributed by atoms with van der Waals surface area (Å²) in [5.74, 6) is 5.09. The van der Waals surface area contributed by atoms with Gasteiger partial charge in [0.2, 0.25) is 5.92 Å². The number of allylic oxidation sites excluding steroid dienone is 1. The van der Waals surface area contributed by atoms with Crippen molar-refractivity contribution in [3.05, 3.63) is 12.7 Å². The van der Waals surface area contributed by atoms with Crippen LogP contribution in [0.1, 0.15) is 13.3 Å². The molecule has 1 unspecified atom stereocenters. The van der Waals surface area contributed by atoms with Crippen LogP contribution in [0.4, 0.5) is 0 Å². The number of rotatable bonds is 3. The van der Waals surface area contributed by atoms with Crippen LogP contribution in [0.15, 0.2) is 6.58 Å². The standard InChI is InChI=1S/C10H14NO2/c1-5-6-7-8-9(2)10(12)11(3)13-4/h9H,1,8H2,2-4H3/q+1. The van der Waals surface area contributed by atoms with Gasteiger partial charge in [-0.3, -0.25) is 9.63 Å². The molecule has 0 fully saturated rings.